The molecule has 2 aliphatic rings. The second-order valence-corrected chi connectivity index (χ2v) is 7.62. The molecule has 156 valence electrons. The van der Waals surface area contributed by atoms with Gasteiger partial charge in [0.1, 0.15) is 18.2 Å². The Morgan fingerprint density at radius 3 is 2.79 bits per heavy atom. The highest BCUT2D eigenvalue weighted by atomic mass is 35.5. The number of β-amino-alcohol motifs (C(OH)–C–C–N with tert-alkyl or cyclic N) is 1. The van der Waals surface area contributed by atoms with Gasteiger partial charge in [-0.1, -0.05) is 11.6 Å². The molecule has 0 aromatic heterocycles. The molecule has 0 saturated carbocycles. The Morgan fingerprint density at radius 2 is 2.07 bits per heavy atom. The number of rotatable bonds is 7. The fourth-order valence-electron chi connectivity index (χ4n) is 3.62. The van der Waals surface area contributed by atoms with Gasteiger partial charge >= 0.3 is 0 Å². The quantitative estimate of drug-likeness (QED) is 0.387. The van der Waals surface area contributed by atoms with Crippen molar-refractivity contribution in [3.05, 3.63) is 16.7 Å². The van der Waals surface area contributed by atoms with Crippen molar-refractivity contribution in [3.63, 3.8) is 0 Å². The van der Waals surface area contributed by atoms with E-state index in [0.29, 0.717) is 37.8 Å². The van der Waals surface area contributed by atoms with Crippen LogP contribution in [0.2, 0.25) is 5.02 Å². The number of amides is 1. The number of piperidine rings is 1. The monoisotopic (exact) mass is 413 g/mol. The SMILES string of the molecule is Nc1cc(C(=O)NC[C@@H]2CCN(CCCCO)C[C@H]2O)c2c(c1Cl)OCCO2. The molecule has 28 heavy (non-hydrogen) atoms. The Morgan fingerprint density at radius 1 is 1.32 bits per heavy atom. The number of nitrogens with two attached hydrogens (primary N) is 1. The number of benzene rings is 1. The normalized spacial score (nSPS) is 22.1. The Kier molecular flexibility index (Phi) is 7.23. The summed E-state index contributed by atoms with van der Waals surface area (Å²) in [5.74, 6) is 0.259. The zero-order valence-corrected chi connectivity index (χ0v) is 16.6. The first kappa shape index (κ1) is 21.0. The van der Waals surface area contributed by atoms with Crippen molar-refractivity contribution in [3.8, 4) is 11.5 Å². The van der Waals surface area contributed by atoms with Gasteiger partial charge in [-0.15, -0.1) is 0 Å². The molecule has 1 aromatic rings. The third-order valence-corrected chi connectivity index (χ3v) is 5.63. The summed E-state index contributed by atoms with van der Waals surface area (Å²) in [5, 5.41) is 22.4. The number of carbonyl (C=O) groups excluding carboxylic acids is 1. The van der Waals surface area contributed by atoms with Crippen LogP contribution < -0.4 is 20.5 Å². The molecule has 9 heteroatoms. The van der Waals surface area contributed by atoms with Gasteiger partial charge in [0.05, 0.1) is 17.4 Å². The van der Waals surface area contributed by atoms with Gasteiger partial charge in [-0.2, -0.15) is 0 Å². The van der Waals surface area contributed by atoms with Crippen molar-refractivity contribution in [2.24, 2.45) is 5.92 Å². The zero-order valence-electron chi connectivity index (χ0n) is 15.8. The molecule has 1 aromatic carbocycles. The van der Waals surface area contributed by atoms with Crippen molar-refractivity contribution < 1.29 is 24.5 Å². The molecule has 0 radical (unpaired) electrons. The molecule has 0 aliphatic carbocycles. The van der Waals surface area contributed by atoms with E-state index in [1.807, 2.05) is 0 Å². The molecule has 0 unspecified atom stereocenters. The molecule has 8 nitrogen and oxygen atoms in total. The number of unbranched alkanes of at least 4 members (excludes halogenated alkanes) is 1. The van der Waals surface area contributed by atoms with Crippen molar-refractivity contribution >= 4 is 23.2 Å². The summed E-state index contributed by atoms with van der Waals surface area (Å²) in [4.78, 5) is 14.9. The minimum absolute atomic E-state index is 0.0179. The van der Waals surface area contributed by atoms with Crippen LogP contribution in [0.5, 0.6) is 11.5 Å². The van der Waals surface area contributed by atoms with Crippen molar-refractivity contribution in [1.29, 1.82) is 0 Å². The summed E-state index contributed by atoms with van der Waals surface area (Å²) < 4.78 is 11.1. The first-order chi connectivity index (χ1) is 13.5. The van der Waals surface area contributed by atoms with E-state index < -0.39 is 6.10 Å². The predicted octanol–water partition coefficient (Wildman–Crippen LogP) is 0.879. The molecule has 2 heterocycles. The topological polar surface area (TPSA) is 117 Å². The van der Waals surface area contributed by atoms with Crippen molar-refractivity contribution in [2.75, 3.05) is 51.7 Å². The second kappa shape index (κ2) is 9.65. The van der Waals surface area contributed by atoms with E-state index in [0.717, 1.165) is 32.4 Å². The van der Waals surface area contributed by atoms with E-state index in [-0.39, 0.29) is 34.7 Å². The minimum atomic E-state index is -0.507. The Hall–Kier alpha value is -1.74. The molecule has 3 rings (SSSR count). The van der Waals surface area contributed by atoms with E-state index in [2.05, 4.69) is 10.2 Å². The van der Waals surface area contributed by atoms with E-state index >= 15 is 0 Å². The third kappa shape index (κ3) is 4.81. The molecule has 0 spiro atoms. The minimum Gasteiger partial charge on any atom is -0.485 e. The van der Waals surface area contributed by atoms with Crippen LogP contribution in [0.3, 0.4) is 0 Å². The number of aliphatic hydroxyl groups excluding tert-OH is 2. The summed E-state index contributed by atoms with van der Waals surface area (Å²) in [6.45, 7) is 3.54. The largest absolute Gasteiger partial charge is 0.485 e. The van der Waals surface area contributed by atoms with Crippen LogP contribution in [0.1, 0.15) is 29.6 Å². The van der Waals surface area contributed by atoms with Gasteiger partial charge in [0.2, 0.25) is 0 Å². The highest BCUT2D eigenvalue weighted by Crippen LogP contribution is 2.43. The van der Waals surface area contributed by atoms with Crippen molar-refractivity contribution in [2.45, 2.75) is 25.4 Å². The number of nitrogens with zero attached hydrogens (tertiary/aromatic N) is 1. The lowest BCUT2D eigenvalue weighted by Gasteiger charge is -2.36. The standard InChI is InChI=1S/C19H28ClN3O5/c20-16-14(21)9-13(17-18(16)28-8-7-27-17)19(26)22-10-12-3-5-23(11-15(12)25)4-1-2-6-24/h9,12,15,24-25H,1-8,10-11,21H2,(H,22,26)/t12-,15+/m0/s1. The van der Waals surface area contributed by atoms with Gasteiger partial charge in [-0.25, -0.2) is 0 Å². The number of nitrogen functional groups attached to an aromatic ring is 1. The number of nitrogens with one attached hydrogen (secondary N) is 1. The van der Waals surface area contributed by atoms with E-state index in [1.54, 1.807) is 0 Å². The highest BCUT2D eigenvalue weighted by molar-refractivity contribution is 6.35. The number of anilines is 1. The lowest BCUT2D eigenvalue weighted by atomic mass is 9.93. The van der Waals surface area contributed by atoms with E-state index in [4.69, 9.17) is 31.9 Å². The van der Waals surface area contributed by atoms with E-state index in [1.165, 1.54) is 6.07 Å². The maximum Gasteiger partial charge on any atom is 0.255 e. The smallest absolute Gasteiger partial charge is 0.255 e. The molecule has 2 aliphatic heterocycles. The van der Waals surface area contributed by atoms with E-state index in [9.17, 15) is 9.90 Å². The van der Waals surface area contributed by atoms with Crippen LogP contribution in [0.15, 0.2) is 6.07 Å². The van der Waals surface area contributed by atoms with Gasteiger partial charge in [-0.3, -0.25) is 4.79 Å². The van der Waals surface area contributed by atoms with Gasteiger partial charge < -0.3 is 35.6 Å². The molecule has 5 N–H and O–H groups in total. The first-order valence-corrected chi connectivity index (χ1v) is 10.1. The Labute approximate surface area is 169 Å². The molecular formula is C19H28ClN3O5. The third-order valence-electron chi connectivity index (χ3n) is 5.24. The molecule has 1 fully saturated rings. The predicted molar refractivity (Wildman–Crippen MR) is 106 cm³/mol. The summed E-state index contributed by atoms with van der Waals surface area (Å²) in [5.41, 5.74) is 6.44. The first-order valence-electron chi connectivity index (χ1n) is 9.68. The van der Waals surface area contributed by atoms with Crippen LogP contribution in [0.4, 0.5) is 5.69 Å². The summed E-state index contributed by atoms with van der Waals surface area (Å²) in [6, 6.07) is 1.49. The number of carbonyl (C=O) groups is 1. The van der Waals surface area contributed by atoms with Gasteiger partial charge in [0, 0.05) is 25.6 Å². The molecule has 1 saturated heterocycles. The second-order valence-electron chi connectivity index (χ2n) is 7.24. The summed E-state index contributed by atoms with van der Waals surface area (Å²) in [7, 11) is 0. The van der Waals surface area contributed by atoms with Gasteiger partial charge in [-0.05, 0) is 38.4 Å². The average molecular weight is 414 g/mol. The number of hydrogen-bond donors (Lipinski definition) is 4. The van der Waals surface area contributed by atoms with Gasteiger partial charge in [0.25, 0.3) is 5.91 Å². The summed E-state index contributed by atoms with van der Waals surface area (Å²) in [6.07, 6.45) is 1.97. The highest BCUT2D eigenvalue weighted by Gasteiger charge is 2.29. The lowest BCUT2D eigenvalue weighted by molar-refractivity contribution is 0.0212. The fourth-order valence-corrected chi connectivity index (χ4v) is 3.81. The summed E-state index contributed by atoms with van der Waals surface area (Å²) >= 11 is 6.15. The van der Waals surface area contributed by atoms with Crippen molar-refractivity contribution in [1.82, 2.24) is 10.2 Å². The molecular weight excluding hydrogens is 386 g/mol. The Bertz CT molecular complexity index is 703. The van der Waals surface area contributed by atoms with Gasteiger partial charge in [0.15, 0.2) is 11.5 Å². The Balaban J connectivity index is 1.57. The van der Waals surface area contributed by atoms with Crippen LogP contribution in [-0.4, -0.2) is 73.1 Å². The zero-order chi connectivity index (χ0) is 20.1. The number of hydrogen-bond acceptors (Lipinski definition) is 7. The number of halogens is 1. The number of likely N-dealkylation sites (tertiary alicyclic amines) is 1. The molecule has 0 bridgehead atoms. The average Bonchev–Trinajstić information content (AvgIpc) is 2.70. The number of fused-ring (bicyclic) bond motifs is 1. The van der Waals surface area contributed by atoms with Crippen LogP contribution in [0.25, 0.3) is 0 Å². The number of ether oxygens (including phenoxy) is 2. The van der Waals surface area contributed by atoms with Crippen LogP contribution in [-0.2, 0) is 0 Å². The number of aliphatic hydroxyl groups is 2. The maximum atomic E-state index is 12.7. The maximum absolute atomic E-state index is 12.7. The molecule has 1 amide bonds. The fraction of sp³-hybridized carbons (Fsp3) is 0.632. The van der Waals surface area contributed by atoms with Crippen LogP contribution >= 0.6 is 11.6 Å². The van der Waals surface area contributed by atoms with Crippen LogP contribution in [0, 0.1) is 5.92 Å². The lowest BCUT2D eigenvalue weighted by Crippen LogP contribution is -2.47. The molecule has 2 atom stereocenters.